The van der Waals surface area contributed by atoms with Crippen molar-refractivity contribution < 1.29 is 14.7 Å². The zero-order valence-corrected chi connectivity index (χ0v) is 10.5. The van der Waals surface area contributed by atoms with Crippen LogP contribution in [-0.4, -0.2) is 35.0 Å². The van der Waals surface area contributed by atoms with Crippen LogP contribution in [0.25, 0.3) is 0 Å². The van der Waals surface area contributed by atoms with E-state index in [1.165, 1.54) is 0 Å². The Kier molecular flexibility index (Phi) is 3.19. The van der Waals surface area contributed by atoms with Gasteiger partial charge in [-0.25, -0.2) is 0 Å². The molecule has 0 aromatic carbocycles. The number of thiophene rings is 1. The van der Waals surface area contributed by atoms with Gasteiger partial charge in [-0.3, -0.25) is 9.59 Å². The molecule has 1 aliphatic rings. The van der Waals surface area contributed by atoms with Crippen molar-refractivity contribution in [2.75, 3.05) is 13.1 Å². The topological polar surface area (TPSA) is 57.6 Å². The summed E-state index contributed by atoms with van der Waals surface area (Å²) in [5.74, 6) is -0.790. The molecule has 1 aromatic heterocycles. The van der Waals surface area contributed by atoms with Gasteiger partial charge in [0, 0.05) is 18.0 Å². The summed E-state index contributed by atoms with van der Waals surface area (Å²) in [4.78, 5) is 25.7. The number of amides is 1. The molecule has 0 aliphatic carbocycles. The van der Waals surface area contributed by atoms with Crippen LogP contribution in [0.5, 0.6) is 0 Å². The Bertz CT molecular complexity index is 429. The Balaban J connectivity index is 1.97. The van der Waals surface area contributed by atoms with E-state index in [0.29, 0.717) is 25.9 Å². The largest absolute Gasteiger partial charge is 0.481 e. The third-order valence-corrected chi connectivity index (χ3v) is 4.12. The Labute approximate surface area is 104 Å². The summed E-state index contributed by atoms with van der Waals surface area (Å²) in [6.45, 7) is 2.58. The van der Waals surface area contributed by atoms with Crippen molar-refractivity contribution in [2.24, 2.45) is 5.41 Å². The lowest BCUT2D eigenvalue weighted by Crippen LogP contribution is -2.35. The first-order valence-electron chi connectivity index (χ1n) is 5.55. The van der Waals surface area contributed by atoms with Gasteiger partial charge in [0.2, 0.25) is 5.91 Å². The van der Waals surface area contributed by atoms with Crippen LogP contribution < -0.4 is 0 Å². The van der Waals surface area contributed by atoms with Crippen molar-refractivity contribution >= 4 is 23.2 Å². The fourth-order valence-electron chi connectivity index (χ4n) is 2.02. The van der Waals surface area contributed by atoms with E-state index in [9.17, 15) is 9.59 Å². The van der Waals surface area contributed by atoms with Gasteiger partial charge in [0.25, 0.3) is 0 Å². The Morgan fingerprint density at radius 3 is 2.88 bits per heavy atom. The molecule has 1 fully saturated rings. The van der Waals surface area contributed by atoms with Gasteiger partial charge in [-0.1, -0.05) is 6.07 Å². The number of carbonyl (C=O) groups excluding carboxylic acids is 1. The van der Waals surface area contributed by atoms with E-state index < -0.39 is 11.4 Å². The number of carboxylic acid groups (broad SMARTS) is 1. The minimum atomic E-state index is -0.816. The van der Waals surface area contributed by atoms with Gasteiger partial charge in [-0.2, -0.15) is 0 Å². The fraction of sp³-hybridized carbons (Fsp3) is 0.500. The van der Waals surface area contributed by atoms with Gasteiger partial charge in [0.05, 0.1) is 11.8 Å². The van der Waals surface area contributed by atoms with Crippen molar-refractivity contribution in [3.05, 3.63) is 22.4 Å². The van der Waals surface area contributed by atoms with E-state index in [1.807, 2.05) is 17.5 Å². The number of carboxylic acids is 1. The maximum atomic E-state index is 12.0. The molecule has 4 nitrogen and oxygen atoms in total. The zero-order valence-electron chi connectivity index (χ0n) is 9.68. The lowest BCUT2D eigenvalue weighted by molar-refractivity contribution is -0.147. The molecule has 0 spiro atoms. The fourth-order valence-corrected chi connectivity index (χ4v) is 2.72. The molecule has 0 bridgehead atoms. The van der Waals surface area contributed by atoms with Crippen molar-refractivity contribution in [3.63, 3.8) is 0 Å². The highest BCUT2D eigenvalue weighted by molar-refractivity contribution is 7.10. The first kappa shape index (κ1) is 12.1. The number of hydrogen-bond donors (Lipinski definition) is 1. The van der Waals surface area contributed by atoms with Gasteiger partial charge in [-0.15, -0.1) is 11.3 Å². The van der Waals surface area contributed by atoms with E-state index in [0.717, 1.165) is 4.88 Å². The molecule has 92 valence electrons. The zero-order chi connectivity index (χ0) is 12.5. The van der Waals surface area contributed by atoms with Gasteiger partial charge in [-0.05, 0) is 24.8 Å². The molecule has 1 N–H and O–H groups in total. The molecule has 0 saturated carbocycles. The molecule has 5 heteroatoms. The van der Waals surface area contributed by atoms with Crippen molar-refractivity contribution in [1.29, 1.82) is 0 Å². The summed E-state index contributed by atoms with van der Waals surface area (Å²) in [5, 5.41) is 11.0. The molecule has 1 aliphatic heterocycles. The normalized spacial score (nSPS) is 23.9. The standard InChI is InChI=1S/C12H15NO3S/c1-12(11(15)16)4-5-13(8-12)10(14)7-9-3-2-6-17-9/h2-3,6H,4-5,7-8H2,1H3,(H,15,16)/t12-/m1/s1. The van der Waals surface area contributed by atoms with Gasteiger partial charge in [0.15, 0.2) is 0 Å². The average molecular weight is 253 g/mol. The summed E-state index contributed by atoms with van der Waals surface area (Å²) < 4.78 is 0. The first-order valence-corrected chi connectivity index (χ1v) is 6.43. The van der Waals surface area contributed by atoms with Crippen molar-refractivity contribution in [1.82, 2.24) is 4.90 Å². The molecule has 17 heavy (non-hydrogen) atoms. The molecular weight excluding hydrogens is 238 g/mol. The second kappa shape index (κ2) is 4.49. The summed E-state index contributed by atoms with van der Waals surface area (Å²) >= 11 is 1.55. The lowest BCUT2D eigenvalue weighted by atomic mass is 9.90. The van der Waals surface area contributed by atoms with Crippen LogP contribution in [0.15, 0.2) is 17.5 Å². The maximum Gasteiger partial charge on any atom is 0.311 e. The summed E-state index contributed by atoms with van der Waals surface area (Å²) in [6.07, 6.45) is 0.922. The monoisotopic (exact) mass is 253 g/mol. The molecule has 1 saturated heterocycles. The maximum absolute atomic E-state index is 12.0. The Hall–Kier alpha value is -1.36. The van der Waals surface area contributed by atoms with E-state index in [-0.39, 0.29) is 5.91 Å². The number of aliphatic carboxylic acids is 1. The van der Waals surface area contributed by atoms with E-state index >= 15 is 0 Å². The molecule has 0 radical (unpaired) electrons. The second-order valence-electron chi connectivity index (χ2n) is 4.69. The smallest absolute Gasteiger partial charge is 0.311 e. The van der Waals surface area contributed by atoms with Crippen LogP contribution in [0.2, 0.25) is 0 Å². The summed E-state index contributed by atoms with van der Waals surface area (Å²) in [5.41, 5.74) is -0.773. The molecular formula is C12H15NO3S. The number of carbonyl (C=O) groups is 2. The van der Waals surface area contributed by atoms with Gasteiger partial charge < -0.3 is 10.0 Å². The minimum Gasteiger partial charge on any atom is -0.481 e. The third kappa shape index (κ3) is 2.49. The SMILES string of the molecule is C[C@@]1(C(=O)O)CCN(C(=O)Cc2cccs2)C1. The number of likely N-dealkylation sites (tertiary alicyclic amines) is 1. The minimum absolute atomic E-state index is 0.0254. The lowest BCUT2D eigenvalue weighted by Gasteiger charge is -2.19. The predicted octanol–water partition coefficient (Wildman–Crippen LogP) is 1.61. The summed E-state index contributed by atoms with van der Waals surface area (Å²) in [7, 11) is 0. The van der Waals surface area contributed by atoms with Crippen LogP contribution in [0.1, 0.15) is 18.2 Å². The third-order valence-electron chi connectivity index (χ3n) is 3.25. The van der Waals surface area contributed by atoms with Crippen LogP contribution in [0.4, 0.5) is 0 Å². The predicted molar refractivity (Wildman–Crippen MR) is 65.0 cm³/mol. The van der Waals surface area contributed by atoms with Gasteiger partial charge in [0.1, 0.15) is 0 Å². The molecule has 1 atom stereocenters. The molecule has 1 aromatic rings. The van der Waals surface area contributed by atoms with Crippen LogP contribution >= 0.6 is 11.3 Å². The number of nitrogens with zero attached hydrogens (tertiary/aromatic N) is 1. The molecule has 0 unspecified atom stereocenters. The highest BCUT2D eigenvalue weighted by atomic mass is 32.1. The van der Waals surface area contributed by atoms with Crippen molar-refractivity contribution in [3.8, 4) is 0 Å². The number of rotatable bonds is 3. The van der Waals surface area contributed by atoms with Crippen molar-refractivity contribution in [2.45, 2.75) is 19.8 Å². The second-order valence-corrected chi connectivity index (χ2v) is 5.72. The Morgan fingerprint density at radius 1 is 1.59 bits per heavy atom. The average Bonchev–Trinajstić information content (AvgIpc) is 2.88. The van der Waals surface area contributed by atoms with Crippen LogP contribution in [0.3, 0.4) is 0 Å². The van der Waals surface area contributed by atoms with E-state index in [1.54, 1.807) is 23.2 Å². The number of hydrogen-bond acceptors (Lipinski definition) is 3. The Morgan fingerprint density at radius 2 is 2.35 bits per heavy atom. The van der Waals surface area contributed by atoms with Gasteiger partial charge >= 0.3 is 5.97 Å². The van der Waals surface area contributed by atoms with Crippen LogP contribution in [0, 0.1) is 5.41 Å². The highest BCUT2D eigenvalue weighted by Crippen LogP contribution is 2.30. The molecule has 1 amide bonds. The molecule has 2 rings (SSSR count). The summed E-state index contributed by atoms with van der Waals surface area (Å²) in [6, 6.07) is 3.84. The highest BCUT2D eigenvalue weighted by Gasteiger charge is 2.41. The van der Waals surface area contributed by atoms with E-state index in [4.69, 9.17) is 5.11 Å². The first-order chi connectivity index (χ1) is 8.01. The van der Waals surface area contributed by atoms with Crippen LogP contribution in [-0.2, 0) is 16.0 Å². The quantitative estimate of drug-likeness (QED) is 0.890. The van der Waals surface area contributed by atoms with E-state index in [2.05, 4.69) is 0 Å². The molecule has 2 heterocycles.